The molecular weight excluding hydrogens is 395 g/mol. The molecule has 150 valence electrons. The molecule has 1 aliphatic rings. The van der Waals surface area contributed by atoms with Crippen LogP contribution in [0.15, 0.2) is 29.2 Å². The molecule has 1 saturated heterocycles. The number of anilines is 1. The topological polar surface area (TPSA) is 58.6 Å². The summed E-state index contributed by atoms with van der Waals surface area (Å²) < 4.78 is 65.6. The molecule has 0 bridgehead atoms. The number of hydrogen-bond donors (Lipinski definition) is 1. The number of nitrogens with one attached hydrogen (secondary N) is 1. The number of thioether (sulfide) groups is 1. The second kappa shape index (κ2) is 9.25. The molecule has 1 aromatic rings. The van der Waals surface area contributed by atoms with Crippen molar-refractivity contribution in [1.82, 2.24) is 4.90 Å². The summed E-state index contributed by atoms with van der Waals surface area (Å²) in [6.45, 7) is -1.52. The molecule has 0 spiro atoms. The van der Waals surface area contributed by atoms with Crippen LogP contribution in [-0.4, -0.2) is 48.5 Å². The minimum Gasteiger partial charge on any atom is -0.440 e. The molecular formula is C16H17F5N2O3S. The van der Waals surface area contributed by atoms with E-state index in [0.29, 0.717) is 11.8 Å². The number of amides is 2. The van der Waals surface area contributed by atoms with Crippen molar-refractivity contribution in [2.45, 2.75) is 29.7 Å². The molecule has 0 unspecified atom stereocenters. The van der Waals surface area contributed by atoms with Crippen molar-refractivity contribution >= 4 is 29.4 Å². The Bertz CT molecular complexity index is 664. The minimum atomic E-state index is -4.60. The average molecular weight is 412 g/mol. The molecule has 2 amide bonds. The lowest BCUT2D eigenvalue weighted by Crippen LogP contribution is -2.42. The number of halogens is 5. The Kier molecular flexibility index (Phi) is 7.28. The standard InChI is InChI=1S/C16H17F5N2O3S/c17-14(18)27-12-4-2-1-3-11(12)22-13(24)10-5-7-23(8-6-10)15(25)26-9-16(19,20)21/h1-4,10,14H,5-9H2,(H,22,24). The zero-order chi connectivity index (χ0) is 20.0. The van der Waals surface area contributed by atoms with Crippen LogP contribution < -0.4 is 5.32 Å². The summed E-state index contributed by atoms with van der Waals surface area (Å²) in [5.74, 6) is -3.50. The van der Waals surface area contributed by atoms with Crippen molar-refractivity contribution in [2.24, 2.45) is 5.92 Å². The molecule has 0 radical (unpaired) electrons. The van der Waals surface area contributed by atoms with Crippen LogP contribution in [0.3, 0.4) is 0 Å². The minimum absolute atomic E-state index is 0.0716. The molecule has 1 aliphatic heterocycles. The summed E-state index contributed by atoms with van der Waals surface area (Å²) in [6, 6.07) is 6.15. The summed E-state index contributed by atoms with van der Waals surface area (Å²) in [5, 5.41) is 2.60. The Hall–Kier alpha value is -2.04. The van der Waals surface area contributed by atoms with Gasteiger partial charge in [-0.05, 0) is 25.0 Å². The summed E-state index contributed by atoms with van der Waals surface area (Å²) in [4.78, 5) is 25.3. The van der Waals surface area contributed by atoms with Crippen molar-refractivity contribution in [1.29, 1.82) is 0 Å². The Morgan fingerprint density at radius 3 is 2.44 bits per heavy atom. The third-order valence-electron chi connectivity index (χ3n) is 3.84. The number of ether oxygens (including phenoxy) is 1. The highest BCUT2D eigenvalue weighted by Crippen LogP contribution is 2.32. The maximum absolute atomic E-state index is 12.6. The first kappa shape index (κ1) is 21.3. The van der Waals surface area contributed by atoms with Gasteiger partial charge in [0.25, 0.3) is 5.76 Å². The van der Waals surface area contributed by atoms with E-state index in [1.54, 1.807) is 12.1 Å². The maximum Gasteiger partial charge on any atom is 0.422 e. The second-order valence-corrected chi connectivity index (χ2v) is 6.83. The van der Waals surface area contributed by atoms with Crippen LogP contribution in [0.4, 0.5) is 32.4 Å². The van der Waals surface area contributed by atoms with Gasteiger partial charge in [0, 0.05) is 23.9 Å². The van der Waals surface area contributed by atoms with E-state index in [-0.39, 0.29) is 42.4 Å². The molecule has 0 aromatic heterocycles. The second-order valence-electron chi connectivity index (χ2n) is 5.79. The van der Waals surface area contributed by atoms with Gasteiger partial charge in [-0.25, -0.2) is 4.79 Å². The van der Waals surface area contributed by atoms with E-state index in [0.717, 1.165) is 4.90 Å². The van der Waals surface area contributed by atoms with E-state index in [4.69, 9.17) is 0 Å². The van der Waals surface area contributed by atoms with Gasteiger partial charge in [-0.2, -0.15) is 22.0 Å². The molecule has 1 fully saturated rings. The van der Waals surface area contributed by atoms with Gasteiger partial charge in [0.1, 0.15) is 0 Å². The number of hydrogen-bond acceptors (Lipinski definition) is 4. The van der Waals surface area contributed by atoms with Crippen molar-refractivity contribution in [3.63, 3.8) is 0 Å². The first-order chi connectivity index (χ1) is 12.7. The summed E-state index contributed by atoms with van der Waals surface area (Å²) in [6.07, 6.45) is -5.21. The van der Waals surface area contributed by atoms with E-state index < -0.39 is 30.6 Å². The molecule has 0 atom stereocenters. The van der Waals surface area contributed by atoms with E-state index in [2.05, 4.69) is 10.1 Å². The SMILES string of the molecule is O=C(Nc1ccccc1SC(F)F)C1CCN(C(=O)OCC(F)(F)F)CC1. The van der Waals surface area contributed by atoms with Crippen molar-refractivity contribution in [3.8, 4) is 0 Å². The molecule has 11 heteroatoms. The van der Waals surface area contributed by atoms with E-state index >= 15 is 0 Å². The number of nitrogens with zero attached hydrogens (tertiary/aromatic N) is 1. The van der Waals surface area contributed by atoms with Gasteiger partial charge in [0.05, 0.1) is 5.69 Å². The van der Waals surface area contributed by atoms with E-state index in [9.17, 15) is 31.5 Å². The lowest BCUT2D eigenvalue weighted by Gasteiger charge is -2.30. The number of benzene rings is 1. The number of para-hydroxylation sites is 1. The zero-order valence-electron chi connectivity index (χ0n) is 14.0. The van der Waals surface area contributed by atoms with E-state index in [1.807, 2.05) is 0 Å². The van der Waals surface area contributed by atoms with Gasteiger partial charge in [-0.3, -0.25) is 4.79 Å². The Morgan fingerprint density at radius 2 is 1.85 bits per heavy atom. The molecule has 1 heterocycles. The fraction of sp³-hybridized carbons (Fsp3) is 0.500. The van der Waals surface area contributed by atoms with Crippen LogP contribution in [0, 0.1) is 5.92 Å². The number of carbonyl (C=O) groups excluding carboxylic acids is 2. The molecule has 1 aromatic carbocycles. The van der Waals surface area contributed by atoms with Crippen LogP contribution in [0.25, 0.3) is 0 Å². The monoisotopic (exact) mass is 412 g/mol. The van der Waals surface area contributed by atoms with Gasteiger partial charge in [-0.15, -0.1) is 0 Å². The number of carbonyl (C=O) groups is 2. The first-order valence-electron chi connectivity index (χ1n) is 7.99. The fourth-order valence-electron chi connectivity index (χ4n) is 2.56. The third-order valence-corrected chi connectivity index (χ3v) is 4.63. The normalized spacial score (nSPS) is 15.7. The van der Waals surface area contributed by atoms with Gasteiger partial charge in [0.2, 0.25) is 5.91 Å². The average Bonchev–Trinajstić information content (AvgIpc) is 2.60. The number of piperidine rings is 1. The maximum atomic E-state index is 12.6. The molecule has 27 heavy (non-hydrogen) atoms. The molecule has 0 saturated carbocycles. The van der Waals surface area contributed by atoms with Crippen molar-refractivity contribution < 1.29 is 36.3 Å². The predicted octanol–water partition coefficient (Wildman–Crippen LogP) is 4.35. The van der Waals surface area contributed by atoms with Gasteiger partial charge < -0.3 is 15.0 Å². The smallest absolute Gasteiger partial charge is 0.422 e. The quantitative estimate of drug-likeness (QED) is 0.577. The molecule has 2 rings (SSSR count). The van der Waals surface area contributed by atoms with Gasteiger partial charge in [-0.1, -0.05) is 23.9 Å². The Labute approximate surface area is 156 Å². The number of likely N-dealkylation sites (tertiary alicyclic amines) is 1. The zero-order valence-corrected chi connectivity index (χ0v) is 14.8. The lowest BCUT2D eigenvalue weighted by molar-refractivity contribution is -0.162. The molecule has 0 aliphatic carbocycles. The van der Waals surface area contributed by atoms with Crippen molar-refractivity contribution in [2.75, 3.05) is 25.0 Å². The lowest BCUT2D eigenvalue weighted by atomic mass is 9.96. The Balaban J connectivity index is 1.86. The van der Waals surface area contributed by atoms with Gasteiger partial charge in [0.15, 0.2) is 6.61 Å². The third kappa shape index (κ3) is 6.89. The summed E-state index contributed by atoms with van der Waals surface area (Å²) in [7, 11) is 0. The first-order valence-corrected chi connectivity index (χ1v) is 8.87. The highest BCUT2D eigenvalue weighted by molar-refractivity contribution is 7.99. The molecule has 5 nitrogen and oxygen atoms in total. The van der Waals surface area contributed by atoms with Crippen molar-refractivity contribution in [3.05, 3.63) is 24.3 Å². The van der Waals surface area contributed by atoms with Crippen LogP contribution in [0.1, 0.15) is 12.8 Å². The van der Waals surface area contributed by atoms with Crippen LogP contribution in [-0.2, 0) is 9.53 Å². The fourth-order valence-corrected chi connectivity index (χ4v) is 3.16. The van der Waals surface area contributed by atoms with E-state index in [1.165, 1.54) is 12.1 Å². The summed E-state index contributed by atoms with van der Waals surface area (Å²) in [5.41, 5.74) is 0.264. The number of alkyl halides is 5. The van der Waals surface area contributed by atoms with Crippen LogP contribution in [0.2, 0.25) is 0 Å². The summed E-state index contributed by atoms with van der Waals surface area (Å²) >= 11 is 0.316. The largest absolute Gasteiger partial charge is 0.440 e. The Morgan fingerprint density at radius 1 is 1.22 bits per heavy atom. The number of rotatable bonds is 5. The van der Waals surface area contributed by atoms with Gasteiger partial charge >= 0.3 is 12.3 Å². The van der Waals surface area contributed by atoms with Crippen LogP contribution in [0.5, 0.6) is 0 Å². The highest BCUT2D eigenvalue weighted by atomic mass is 32.2. The predicted molar refractivity (Wildman–Crippen MR) is 88.6 cm³/mol. The molecule has 1 N–H and O–H groups in total. The van der Waals surface area contributed by atoms with Crippen LogP contribution >= 0.6 is 11.8 Å². The highest BCUT2D eigenvalue weighted by Gasteiger charge is 2.33.